The van der Waals surface area contributed by atoms with E-state index < -0.39 is 0 Å². The number of amides is 3. The van der Waals surface area contributed by atoms with Gasteiger partial charge in [-0.15, -0.1) is 0 Å². The average Bonchev–Trinajstić information content (AvgIpc) is 3.04. The molecule has 1 aromatic heterocycles. The normalized spacial score (nSPS) is 17.5. The van der Waals surface area contributed by atoms with Crippen LogP contribution in [-0.4, -0.2) is 39.7 Å². The number of rotatable bonds is 4. The molecule has 0 spiro atoms. The lowest BCUT2D eigenvalue weighted by Crippen LogP contribution is -2.43. The molecule has 1 atom stereocenters. The molecule has 3 N–H and O–H groups in total. The molecule has 7 nitrogen and oxygen atoms in total. The standard InChI is InChI=1S/C17H21N5O2/c18-16(23)9-13-5-4-8-21(11-13)17(24)20-14-10-19-22(12-14)15-6-2-1-3-7-15/h1-3,6-7,10,12-13H,4-5,8-9,11H2,(H2,18,23)(H,20,24)/t13-/m1/s1. The molecule has 0 radical (unpaired) electrons. The third-order valence-corrected chi connectivity index (χ3v) is 4.15. The second-order valence-electron chi connectivity index (χ2n) is 6.06. The maximum Gasteiger partial charge on any atom is 0.321 e. The first-order valence-corrected chi connectivity index (χ1v) is 8.06. The minimum Gasteiger partial charge on any atom is -0.370 e. The van der Waals surface area contributed by atoms with Crippen LogP contribution in [0.15, 0.2) is 42.7 Å². The van der Waals surface area contributed by atoms with Crippen LogP contribution >= 0.6 is 0 Å². The number of piperidine rings is 1. The second kappa shape index (κ2) is 7.16. The number of carbonyl (C=O) groups is 2. The van der Waals surface area contributed by atoms with Crippen LogP contribution < -0.4 is 11.1 Å². The zero-order valence-electron chi connectivity index (χ0n) is 13.4. The van der Waals surface area contributed by atoms with E-state index >= 15 is 0 Å². The maximum atomic E-state index is 12.4. The van der Waals surface area contributed by atoms with E-state index in [4.69, 9.17) is 5.73 Å². The zero-order valence-corrected chi connectivity index (χ0v) is 13.4. The maximum absolute atomic E-state index is 12.4. The molecule has 1 saturated heterocycles. The minimum absolute atomic E-state index is 0.147. The van der Waals surface area contributed by atoms with Gasteiger partial charge in [-0.3, -0.25) is 4.79 Å². The van der Waals surface area contributed by atoms with Gasteiger partial charge in [0, 0.05) is 19.5 Å². The van der Waals surface area contributed by atoms with Crippen LogP contribution in [-0.2, 0) is 4.79 Å². The van der Waals surface area contributed by atoms with Crippen molar-refractivity contribution in [1.29, 1.82) is 0 Å². The van der Waals surface area contributed by atoms with Gasteiger partial charge in [-0.05, 0) is 30.9 Å². The number of nitrogens with two attached hydrogens (primary N) is 1. The Morgan fingerprint density at radius 3 is 2.83 bits per heavy atom. The molecule has 0 saturated carbocycles. The first-order chi connectivity index (χ1) is 11.6. The van der Waals surface area contributed by atoms with Gasteiger partial charge in [0.15, 0.2) is 0 Å². The van der Waals surface area contributed by atoms with Crippen molar-refractivity contribution in [2.75, 3.05) is 18.4 Å². The molecule has 1 fully saturated rings. The van der Waals surface area contributed by atoms with Gasteiger partial charge in [-0.25, -0.2) is 9.48 Å². The highest BCUT2D eigenvalue weighted by Crippen LogP contribution is 2.20. The van der Waals surface area contributed by atoms with Crippen molar-refractivity contribution in [2.45, 2.75) is 19.3 Å². The Kier molecular flexibility index (Phi) is 4.79. The van der Waals surface area contributed by atoms with Gasteiger partial charge >= 0.3 is 6.03 Å². The quantitative estimate of drug-likeness (QED) is 0.899. The molecule has 2 aromatic rings. The van der Waals surface area contributed by atoms with E-state index in [1.807, 2.05) is 30.3 Å². The SMILES string of the molecule is NC(=O)C[C@H]1CCCN(C(=O)Nc2cnn(-c3ccccc3)c2)C1. The summed E-state index contributed by atoms with van der Waals surface area (Å²) in [5, 5.41) is 7.12. The summed E-state index contributed by atoms with van der Waals surface area (Å²) in [6, 6.07) is 9.52. The van der Waals surface area contributed by atoms with Crippen molar-refractivity contribution in [2.24, 2.45) is 11.7 Å². The van der Waals surface area contributed by atoms with Crippen LogP contribution in [0.1, 0.15) is 19.3 Å². The molecule has 0 bridgehead atoms. The number of aromatic nitrogens is 2. The van der Waals surface area contributed by atoms with E-state index in [0.717, 1.165) is 18.5 Å². The van der Waals surface area contributed by atoms with Gasteiger partial charge in [0.25, 0.3) is 0 Å². The van der Waals surface area contributed by atoms with Gasteiger partial charge in [0.05, 0.1) is 23.8 Å². The minimum atomic E-state index is -0.314. The summed E-state index contributed by atoms with van der Waals surface area (Å²) in [5.41, 5.74) is 6.83. The van der Waals surface area contributed by atoms with Crippen LogP contribution in [0.2, 0.25) is 0 Å². The number of nitrogens with one attached hydrogen (secondary N) is 1. The zero-order chi connectivity index (χ0) is 16.9. The summed E-state index contributed by atoms with van der Waals surface area (Å²) in [5.74, 6) is -0.166. The lowest BCUT2D eigenvalue weighted by molar-refractivity contribution is -0.119. The van der Waals surface area contributed by atoms with Crippen LogP contribution in [0.4, 0.5) is 10.5 Å². The molecule has 1 aliphatic rings. The largest absolute Gasteiger partial charge is 0.370 e. The van der Waals surface area contributed by atoms with Gasteiger partial charge in [0.2, 0.25) is 5.91 Å². The van der Waals surface area contributed by atoms with Crippen LogP contribution in [0.25, 0.3) is 5.69 Å². The molecule has 3 amide bonds. The summed E-state index contributed by atoms with van der Waals surface area (Å²) < 4.78 is 1.71. The molecule has 1 aromatic carbocycles. The highest BCUT2D eigenvalue weighted by molar-refractivity contribution is 5.89. The molecule has 1 aliphatic heterocycles. The van der Waals surface area contributed by atoms with Gasteiger partial charge in [-0.2, -0.15) is 5.10 Å². The Labute approximate surface area is 140 Å². The number of primary amides is 1. The molecule has 126 valence electrons. The number of hydrogen-bond acceptors (Lipinski definition) is 3. The van der Waals surface area contributed by atoms with Gasteiger partial charge in [-0.1, -0.05) is 18.2 Å². The van der Waals surface area contributed by atoms with Crippen LogP contribution in [0, 0.1) is 5.92 Å². The van der Waals surface area contributed by atoms with E-state index in [0.29, 0.717) is 25.2 Å². The smallest absolute Gasteiger partial charge is 0.321 e. The molecule has 0 unspecified atom stereocenters. The van der Waals surface area contributed by atoms with Crippen molar-refractivity contribution in [3.63, 3.8) is 0 Å². The molecule has 7 heteroatoms. The van der Waals surface area contributed by atoms with Crippen LogP contribution in [0.5, 0.6) is 0 Å². The Morgan fingerprint density at radius 2 is 2.08 bits per heavy atom. The second-order valence-corrected chi connectivity index (χ2v) is 6.06. The Hall–Kier alpha value is -2.83. The lowest BCUT2D eigenvalue weighted by atomic mass is 9.95. The van der Waals surface area contributed by atoms with E-state index in [-0.39, 0.29) is 17.9 Å². The first kappa shape index (κ1) is 16.0. The van der Waals surface area contributed by atoms with E-state index in [9.17, 15) is 9.59 Å². The Balaban J connectivity index is 1.61. The summed E-state index contributed by atoms with van der Waals surface area (Å²) in [6.07, 6.45) is 5.54. The van der Waals surface area contributed by atoms with E-state index in [2.05, 4.69) is 10.4 Å². The number of urea groups is 1. The van der Waals surface area contributed by atoms with Crippen molar-refractivity contribution < 1.29 is 9.59 Å². The summed E-state index contributed by atoms with van der Waals surface area (Å²) in [4.78, 5) is 25.2. The number of nitrogens with zero attached hydrogens (tertiary/aromatic N) is 3. The van der Waals surface area contributed by atoms with Gasteiger partial charge in [0.1, 0.15) is 0 Å². The Bertz CT molecular complexity index is 713. The molecular weight excluding hydrogens is 306 g/mol. The third kappa shape index (κ3) is 3.92. The average molecular weight is 327 g/mol. The predicted molar refractivity (Wildman–Crippen MR) is 90.7 cm³/mol. The number of para-hydroxylation sites is 1. The van der Waals surface area contributed by atoms with E-state index in [1.165, 1.54) is 0 Å². The molecule has 2 heterocycles. The summed E-state index contributed by atoms with van der Waals surface area (Å²) >= 11 is 0. The molecule has 0 aliphatic carbocycles. The third-order valence-electron chi connectivity index (χ3n) is 4.15. The molecule has 24 heavy (non-hydrogen) atoms. The fourth-order valence-electron chi connectivity index (χ4n) is 3.01. The Morgan fingerprint density at radius 1 is 1.29 bits per heavy atom. The molecular formula is C17H21N5O2. The first-order valence-electron chi connectivity index (χ1n) is 8.06. The molecule has 3 rings (SSSR count). The fraction of sp³-hybridized carbons (Fsp3) is 0.353. The number of likely N-dealkylation sites (tertiary alicyclic amines) is 1. The summed E-state index contributed by atoms with van der Waals surface area (Å²) in [7, 11) is 0. The number of benzene rings is 1. The number of anilines is 1. The highest BCUT2D eigenvalue weighted by Gasteiger charge is 2.25. The van der Waals surface area contributed by atoms with Crippen LogP contribution in [0.3, 0.4) is 0 Å². The lowest BCUT2D eigenvalue weighted by Gasteiger charge is -2.32. The van der Waals surface area contributed by atoms with E-state index in [1.54, 1.807) is 22.0 Å². The number of hydrogen-bond donors (Lipinski definition) is 2. The topological polar surface area (TPSA) is 93.2 Å². The number of carbonyl (C=O) groups excluding carboxylic acids is 2. The summed E-state index contributed by atoms with van der Waals surface area (Å²) in [6.45, 7) is 1.25. The predicted octanol–water partition coefficient (Wildman–Crippen LogP) is 1.99. The fourth-order valence-corrected chi connectivity index (χ4v) is 3.01. The van der Waals surface area contributed by atoms with Gasteiger partial charge < -0.3 is 16.0 Å². The van der Waals surface area contributed by atoms with Crippen molar-refractivity contribution in [1.82, 2.24) is 14.7 Å². The van der Waals surface area contributed by atoms with Crippen molar-refractivity contribution >= 4 is 17.6 Å². The highest BCUT2D eigenvalue weighted by atomic mass is 16.2. The monoisotopic (exact) mass is 327 g/mol. The van der Waals surface area contributed by atoms with Crippen molar-refractivity contribution in [3.05, 3.63) is 42.7 Å². The van der Waals surface area contributed by atoms with Crippen molar-refractivity contribution in [3.8, 4) is 5.69 Å².